The molecule has 1 aromatic carbocycles. The van der Waals surface area contributed by atoms with Crippen molar-refractivity contribution in [3.05, 3.63) is 30.1 Å². The second-order valence-corrected chi connectivity index (χ2v) is 6.63. The number of carbonyl (C=O) groups excluding carboxylic acids is 1. The standard InChI is InChI=1S/C18H24FN5O.ClH/c1-22(15-11-9-14(19)10-12-15)17-20-21-18(24(17)3)23(2)16(25)13-7-5-4-6-8-13;/h9-13H,4-8H2,1-3H3;1H. The van der Waals surface area contributed by atoms with E-state index in [2.05, 4.69) is 10.2 Å². The van der Waals surface area contributed by atoms with Crippen LogP contribution >= 0.6 is 12.4 Å². The third kappa shape index (κ3) is 3.98. The zero-order valence-corrected chi connectivity index (χ0v) is 16.2. The molecule has 0 bridgehead atoms. The van der Waals surface area contributed by atoms with Crippen molar-refractivity contribution in [3.63, 3.8) is 0 Å². The molecule has 1 fully saturated rings. The van der Waals surface area contributed by atoms with E-state index in [1.165, 1.54) is 18.6 Å². The molecule has 26 heavy (non-hydrogen) atoms. The molecule has 0 atom stereocenters. The highest BCUT2D eigenvalue weighted by atomic mass is 35.5. The van der Waals surface area contributed by atoms with Crippen LogP contribution in [-0.4, -0.2) is 34.8 Å². The Kier molecular flexibility index (Phi) is 6.58. The van der Waals surface area contributed by atoms with Gasteiger partial charge in [-0.1, -0.05) is 19.3 Å². The molecule has 142 valence electrons. The Morgan fingerprint density at radius 1 is 1.08 bits per heavy atom. The first-order valence-corrected chi connectivity index (χ1v) is 8.65. The van der Waals surface area contributed by atoms with Crippen molar-refractivity contribution in [2.75, 3.05) is 23.9 Å². The Morgan fingerprint density at radius 2 is 1.65 bits per heavy atom. The molecule has 0 N–H and O–H groups in total. The molecular formula is C18H25ClFN5O. The van der Waals surface area contributed by atoms with Gasteiger partial charge in [0.1, 0.15) is 5.82 Å². The molecule has 0 unspecified atom stereocenters. The largest absolute Gasteiger partial charge is 0.314 e. The second-order valence-electron chi connectivity index (χ2n) is 6.63. The molecule has 1 saturated carbocycles. The quantitative estimate of drug-likeness (QED) is 0.810. The Bertz CT molecular complexity index is 743. The van der Waals surface area contributed by atoms with Gasteiger partial charge in [0.15, 0.2) is 0 Å². The molecule has 0 radical (unpaired) electrons. The minimum Gasteiger partial charge on any atom is -0.314 e. The lowest BCUT2D eigenvalue weighted by Gasteiger charge is -2.26. The van der Waals surface area contributed by atoms with E-state index in [1.54, 1.807) is 28.6 Å². The molecular weight excluding hydrogens is 357 g/mol. The number of aromatic nitrogens is 3. The average Bonchev–Trinajstić information content (AvgIpc) is 3.02. The predicted octanol–water partition coefficient (Wildman–Crippen LogP) is 3.69. The van der Waals surface area contributed by atoms with Crippen molar-refractivity contribution in [1.29, 1.82) is 0 Å². The summed E-state index contributed by atoms with van der Waals surface area (Å²) in [5.74, 6) is 0.998. The maximum Gasteiger partial charge on any atom is 0.234 e. The maximum absolute atomic E-state index is 13.1. The van der Waals surface area contributed by atoms with Gasteiger partial charge >= 0.3 is 0 Å². The summed E-state index contributed by atoms with van der Waals surface area (Å²) in [7, 11) is 5.42. The van der Waals surface area contributed by atoms with E-state index in [0.29, 0.717) is 11.9 Å². The van der Waals surface area contributed by atoms with Crippen molar-refractivity contribution >= 4 is 35.9 Å². The van der Waals surface area contributed by atoms with Gasteiger partial charge in [-0.2, -0.15) is 0 Å². The lowest BCUT2D eigenvalue weighted by atomic mass is 9.88. The highest BCUT2D eigenvalue weighted by Gasteiger charge is 2.28. The van der Waals surface area contributed by atoms with Crippen molar-refractivity contribution in [1.82, 2.24) is 14.8 Å². The summed E-state index contributed by atoms with van der Waals surface area (Å²) in [4.78, 5) is 16.1. The van der Waals surface area contributed by atoms with Gasteiger partial charge in [-0.15, -0.1) is 22.6 Å². The lowest BCUT2D eigenvalue weighted by molar-refractivity contribution is -0.123. The minimum absolute atomic E-state index is 0. The molecule has 8 heteroatoms. The lowest BCUT2D eigenvalue weighted by Crippen LogP contribution is -2.35. The topological polar surface area (TPSA) is 54.3 Å². The van der Waals surface area contributed by atoms with E-state index in [9.17, 15) is 9.18 Å². The van der Waals surface area contributed by atoms with Crippen molar-refractivity contribution in [2.45, 2.75) is 32.1 Å². The normalized spacial score (nSPS) is 14.6. The SMILES string of the molecule is CN(C(=O)C1CCCCC1)c1nnc(N(C)c2ccc(F)cc2)n1C.Cl. The highest BCUT2D eigenvalue weighted by Crippen LogP contribution is 2.28. The van der Waals surface area contributed by atoms with Crippen LogP contribution in [0.3, 0.4) is 0 Å². The number of amides is 1. The van der Waals surface area contributed by atoms with E-state index in [1.807, 2.05) is 19.0 Å². The molecule has 2 aromatic rings. The maximum atomic E-state index is 13.1. The first-order chi connectivity index (χ1) is 12.0. The van der Waals surface area contributed by atoms with Crippen LogP contribution in [0.4, 0.5) is 22.0 Å². The molecule has 1 heterocycles. The number of carbonyl (C=O) groups is 1. The number of nitrogens with zero attached hydrogens (tertiary/aromatic N) is 5. The van der Waals surface area contributed by atoms with E-state index < -0.39 is 0 Å². The summed E-state index contributed by atoms with van der Waals surface area (Å²) >= 11 is 0. The second kappa shape index (κ2) is 8.49. The summed E-state index contributed by atoms with van der Waals surface area (Å²) in [6.07, 6.45) is 5.33. The highest BCUT2D eigenvalue weighted by molar-refractivity contribution is 5.93. The molecule has 0 spiro atoms. The van der Waals surface area contributed by atoms with E-state index in [0.717, 1.165) is 31.4 Å². The summed E-state index contributed by atoms with van der Waals surface area (Å²) in [6, 6.07) is 6.17. The Hall–Kier alpha value is -2.15. The van der Waals surface area contributed by atoms with Crippen LogP contribution in [0.25, 0.3) is 0 Å². The number of rotatable bonds is 4. The molecule has 1 aromatic heterocycles. The van der Waals surface area contributed by atoms with Crippen LogP contribution in [0.15, 0.2) is 24.3 Å². The summed E-state index contributed by atoms with van der Waals surface area (Å²) in [5.41, 5.74) is 0.796. The van der Waals surface area contributed by atoms with Crippen molar-refractivity contribution < 1.29 is 9.18 Å². The van der Waals surface area contributed by atoms with Crippen LogP contribution in [0.2, 0.25) is 0 Å². The van der Waals surface area contributed by atoms with Crippen molar-refractivity contribution in [3.8, 4) is 0 Å². The Morgan fingerprint density at radius 3 is 2.27 bits per heavy atom. The Balaban J connectivity index is 0.00000243. The molecule has 0 aliphatic heterocycles. The van der Waals surface area contributed by atoms with E-state index in [4.69, 9.17) is 0 Å². The van der Waals surface area contributed by atoms with Gasteiger partial charge in [-0.05, 0) is 37.1 Å². The summed E-state index contributed by atoms with van der Waals surface area (Å²) in [5, 5.41) is 8.41. The van der Waals surface area contributed by atoms with Gasteiger partial charge in [0.25, 0.3) is 0 Å². The van der Waals surface area contributed by atoms with Crippen LogP contribution in [0.1, 0.15) is 32.1 Å². The summed E-state index contributed by atoms with van der Waals surface area (Å²) in [6.45, 7) is 0. The van der Waals surface area contributed by atoms with Gasteiger partial charge in [0.05, 0.1) is 0 Å². The zero-order valence-electron chi connectivity index (χ0n) is 15.4. The van der Waals surface area contributed by atoms with E-state index in [-0.39, 0.29) is 30.0 Å². The predicted molar refractivity (Wildman–Crippen MR) is 103 cm³/mol. The molecule has 1 aliphatic rings. The van der Waals surface area contributed by atoms with Gasteiger partial charge in [0, 0.05) is 32.7 Å². The molecule has 1 amide bonds. The molecule has 3 rings (SSSR count). The van der Waals surface area contributed by atoms with Crippen LogP contribution in [0.5, 0.6) is 0 Å². The molecule has 6 nitrogen and oxygen atoms in total. The number of hydrogen-bond acceptors (Lipinski definition) is 4. The number of benzene rings is 1. The third-order valence-corrected chi connectivity index (χ3v) is 4.93. The first-order valence-electron chi connectivity index (χ1n) is 8.65. The number of halogens is 2. The average molecular weight is 382 g/mol. The fraction of sp³-hybridized carbons (Fsp3) is 0.500. The summed E-state index contributed by atoms with van der Waals surface area (Å²) < 4.78 is 14.9. The van der Waals surface area contributed by atoms with Gasteiger partial charge in [-0.3, -0.25) is 14.3 Å². The van der Waals surface area contributed by atoms with Crippen molar-refractivity contribution in [2.24, 2.45) is 13.0 Å². The van der Waals surface area contributed by atoms with Gasteiger partial charge in [-0.25, -0.2) is 4.39 Å². The Labute approximate surface area is 159 Å². The third-order valence-electron chi connectivity index (χ3n) is 4.93. The van der Waals surface area contributed by atoms with Crippen LogP contribution < -0.4 is 9.80 Å². The monoisotopic (exact) mass is 381 g/mol. The number of hydrogen-bond donors (Lipinski definition) is 0. The van der Waals surface area contributed by atoms with Gasteiger partial charge < -0.3 is 4.90 Å². The van der Waals surface area contributed by atoms with Crippen LogP contribution in [-0.2, 0) is 11.8 Å². The fourth-order valence-electron chi connectivity index (χ4n) is 3.40. The minimum atomic E-state index is -0.284. The van der Waals surface area contributed by atoms with Crippen LogP contribution in [0, 0.1) is 11.7 Å². The molecule has 1 aliphatic carbocycles. The smallest absolute Gasteiger partial charge is 0.234 e. The first kappa shape index (κ1) is 20.2. The molecule has 0 saturated heterocycles. The number of anilines is 3. The van der Waals surface area contributed by atoms with E-state index >= 15 is 0 Å². The fourth-order valence-corrected chi connectivity index (χ4v) is 3.40. The van der Waals surface area contributed by atoms with Gasteiger partial charge in [0.2, 0.25) is 17.8 Å². The zero-order chi connectivity index (χ0) is 18.0.